The molecule has 94 valence electrons. The molecule has 0 heterocycles. The maximum absolute atomic E-state index is 11.1. The van der Waals surface area contributed by atoms with E-state index in [1.165, 1.54) is 0 Å². The summed E-state index contributed by atoms with van der Waals surface area (Å²) in [6.45, 7) is 2.24. The van der Waals surface area contributed by atoms with E-state index in [0.29, 0.717) is 18.1 Å². The van der Waals surface area contributed by atoms with Crippen molar-refractivity contribution in [2.75, 3.05) is 6.61 Å². The summed E-state index contributed by atoms with van der Waals surface area (Å²) in [5.41, 5.74) is 7.05. The number of carbonyl (C=O) groups is 1. The Morgan fingerprint density at radius 3 is 2.65 bits per heavy atom. The zero-order chi connectivity index (χ0) is 12.7. The molecular weight excluding hydrogens is 238 g/mol. The van der Waals surface area contributed by atoms with Crippen LogP contribution in [-0.4, -0.2) is 12.6 Å². The second-order valence-corrected chi connectivity index (χ2v) is 4.29. The van der Waals surface area contributed by atoms with Gasteiger partial charge in [-0.05, 0) is 37.5 Å². The van der Waals surface area contributed by atoms with E-state index < -0.39 is 0 Å². The zero-order valence-corrected chi connectivity index (χ0v) is 10.7. The molecule has 0 aliphatic carbocycles. The minimum absolute atomic E-state index is 0.0540. The first kappa shape index (κ1) is 14.0. The van der Waals surface area contributed by atoms with Crippen molar-refractivity contribution >= 4 is 17.6 Å². The van der Waals surface area contributed by atoms with Crippen molar-refractivity contribution in [2.45, 2.75) is 32.2 Å². The van der Waals surface area contributed by atoms with Gasteiger partial charge in [-0.15, -0.1) is 0 Å². The average molecular weight is 256 g/mol. The average Bonchev–Trinajstić information content (AvgIpc) is 2.30. The molecule has 0 saturated heterocycles. The van der Waals surface area contributed by atoms with Gasteiger partial charge in [-0.25, -0.2) is 0 Å². The molecule has 1 aromatic rings. The summed E-state index contributed by atoms with van der Waals surface area (Å²) in [4.78, 5) is 11.1. The molecule has 0 saturated carbocycles. The number of rotatable bonds is 6. The monoisotopic (exact) mass is 255 g/mol. The predicted molar refractivity (Wildman–Crippen MR) is 68.9 cm³/mol. The first-order valence-corrected chi connectivity index (χ1v) is 6.18. The Hall–Kier alpha value is -1.06. The van der Waals surface area contributed by atoms with Crippen molar-refractivity contribution in [2.24, 2.45) is 5.73 Å². The summed E-state index contributed by atoms with van der Waals surface area (Å²) < 4.78 is 4.85. The van der Waals surface area contributed by atoms with E-state index >= 15 is 0 Å². The standard InChI is InChI=1S/C13H18ClNO2/c1-2-17-13(16)5-3-4-12(15)10-6-8-11(14)9-7-10/h6-9,12H,2-5,15H2,1H3. The highest BCUT2D eigenvalue weighted by Gasteiger charge is 2.08. The zero-order valence-electron chi connectivity index (χ0n) is 9.99. The molecule has 0 bridgehead atoms. The number of benzene rings is 1. The van der Waals surface area contributed by atoms with Gasteiger partial charge < -0.3 is 10.5 Å². The third kappa shape index (κ3) is 5.20. The van der Waals surface area contributed by atoms with Crippen LogP contribution in [0.3, 0.4) is 0 Å². The topological polar surface area (TPSA) is 52.3 Å². The van der Waals surface area contributed by atoms with Crippen molar-refractivity contribution < 1.29 is 9.53 Å². The van der Waals surface area contributed by atoms with Gasteiger partial charge in [0, 0.05) is 17.5 Å². The fourth-order valence-electron chi connectivity index (χ4n) is 1.58. The lowest BCUT2D eigenvalue weighted by Crippen LogP contribution is -2.11. The fourth-order valence-corrected chi connectivity index (χ4v) is 1.70. The first-order valence-electron chi connectivity index (χ1n) is 5.80. The molecule has 1 aromatic carbocycles. The highest BCUT2D eigenvalue weighted by Crippen LogP contribution is 2.19. The Morgan fingerprint density at radius 2 is 2.06 bits per heavy atom. The molecule has 0 fully saturated rings. The van der Waals surface area contributed by atoms with Gasteiger partial charge in [-0.2, -0.15) is 0 Å². The van der Waals surface area contributed by atoms with E-state index in [2.05, 4.69) is 0 Å². The van der Waals surface area contributed by atoms with Gasteiger partial charge >= 0.3 is 5.97 Å². The molecule has 1 unspecified atom stereocenters. The van der Waals surface area contributed by atoms with Crippen molar-refractivity contribution in [3.63, 3.8) is 0 Å². The van der Waals surface area contributed by atoms with Crippen molar-refractivity contribution in [1.29, 1.82) is 0 Å². The van der Waals surface area contributed by atoms with Gasteiger partial charge in [-0.3, -0.25) is 4.79 Å². The lowest BCUT2D eigenvalue weighted by Gasteiger charge is -2.11. The highest BCUT2D eigenvalue weighted by atomic mass is 35.5. The quantitative estimate of drug-likeness (QED) is 0.795. The second kappa shape index (κ2) is 7.30. The fraction of sp³-hybridized carbons (Fsp3) is 0.462. The summed E-state index contributed by atoms with van der Waals surface area (Å²) in [6.07, 6.45) is 1.93. The molecule has 0 spiro atoms. The molecule has 0 aliphatic heterocycles. The van der Waals surface area contributed by atoms with E-state index in [0.717, 1.165) is 18.4 Å². The molecule has 1 atom stereocenters. The summed E-state index contributed by atoms with van der Waals surface area (Å²) in [6, 6.07) is 7.42. The van der Waals surface area contributed by atoms with Gasteiger partial charge in [0.15, 0.2) is 0 Å². The number of hydrogen-bond acceptors (Lipinski definition) is 3. The number of esters is 1. The summed E-state index contributed by atoms with van der Waals surface area (Å²) >= 11 is 5.80. The van der Waals surface area contributed by atoms with Gasteiger partial charge in [0.1, 0.15) is 0 Å². The van der Waals surface area contributed by atoms with Crippen LogP contribution in [0.1, 0.15) is 37.8 Å². The molecule has 0 aromatic heterocycles. The molecule has 17 heavy (non-hydrogen) atoms. The van der Waals surface area contributed by atoms with E-state index in [4.69, 9.17) is 22.1 Å². The van der Waals surface area contributed by atoms with Crippen LogP contribution in [0.4, 0.5) is 0 Å². The molecular formula is C13H18ClNO2. The molecule has 3 nitrogen and oxygen atoms in total. The number of ether oxygens (including phenoxy) is 1. The Bertz CT molecular complexity index is 351. The maximum Gasteiger partial charge on any atom is 0.305 e. The predicted octanol–water partition coefficient (Wildman–Crippen LogP) is 3.07. The van der Waals surface area contributed by atoms with Crippen LogP contribution in [0.2, 0.25) is 5.02 Å². The van der Waals surface area contributed by atoms with Crippen LogP contribution < -0.4 is 5.73 Å². The number of carbonyl (C=O) groups excluding carboxylic acids is 1. The Balaban J connectivity index is 2.32. The minimum Gasteiger partial charge on any atom is -0.466 e. The summed E-state index contributed by atoms with van der Waals surface area (Å²) in [7, 11) is 0. The van der Waals surface area contributed by atoms with Gasteiger partial charge in [0.05, 0.1) is 6.61 Å². The molecule has 0 amide bonds. The van der Waals surface area contributed by atoms with Crippen molar-refractivity contribution in [1.82, 2.24) is 0 Å². The van der Waals surface area contributed by atoms with E-state index in [1.807, 2.05) is 24.3 Å². The van der Waals surface area contributed by atoms with Crippen LogP contribution in [-0.2, 0) is 9.53 Å². The highest BCUT2D eigenvalue weighted by molar-refractivity contribution is 6.30. The number of halogens is 1. The van der Waals surface area contributed by atoms with Crippen LogP contribution >= 0.6 is 11.6 Å². The summed E-state index contributed by atoms with van der Waals surface area (Å²) in [5.74, 6) is -0.157. The normalized spacial score (nSPS) is 12.2. The summed E-state index contributed by atoms with van der Waals surface area (Å²) in [5, 5.41) is 0.701. The van der Waals surface area contributed by atoms with Gasteiger partial charge in [-0.1, -0.05) is 23.7 Å². The number of hydrogen-bond donors (Lipinski definition) is 1. The molecule has 1 rings (SSSR count). The third-order valence-corrected chi connectivity index (χ3v) is 2.75. The van der Waals surface area contributed by atoms with Gasteiger partial charge in [0.25, 0.3) is 0 Å². The molecule has 4 heteroatoms. The molecule has 0 radical (unpaired) electrons. The van der Waals surface area contributed by atoms with Crippen LogP contribution in [0.15, 0.2) is 24.3 Å². The minimum atomic E-state index is -0.157. The van der Waals surface area contributed by atoms with Crippen molar-refractivity contribution in [3.05, 3.63) is 34.9 Å². The largest absolute Gasteiger partial charge is 0.466 e. The number of nitrogens with two attached hydrogens (primary N) is 1. The van der Waals surface area contributed by atoms with E-state index in [9.17, 15) is 4.79 Å². The Morgan fingerprint density at radius 1 is 1.41 bits per heavy atom. The van der Waals surface area contributed by atoms with Crippen LogP contribution in [0.25, 0.3) is 0 Å². The van der Waals surface area contributed by atoms with Crippen LogP contribution in [0, 0.1) is 0 Å². The lowest BCUT2D eigenvalue weighted by atomic mass is 10.0. The smallest absolute Gasteiger partial charge is 0.305 e. The molecule has 0 aliphatic rings. The third-order valence-electron chi connectivity index (χ3n) is 2.50. The molecule has 2 N–H and O–H groups in total. The first-order chi connectivity index (χ1) is 8.13. The van der Waals surface area contributed by atoms with E-state index in [1.54, 1.807) is 6.92 Å². The van der Waals surface area contributed by atoms with E-state index in [-0.39, 0.29) is 12.0 Å². The SMILES string of the molecule is CCOC(=O)CCCC(N)c1ccc(Cl)cc1. The lowest BCUT2D eigenvalue weighted by molar-refractivity contribution is -0.143. The van der Waals surface area contributed by atoms with Crippen molar-refractivity contribution in [3.8, 4) is 0 Å². The van der Waals surface area contributed by atoms with Crippen LogP contribution in [0.5, 0.6) is 0 Å². The second-order valence-electron chi connectivity index (χ2n) is 3.86. The Labute approximate surface area is 107 Å². The maximum atomic E-state index is 11.1. The Kier molecular flexibility index (Phi) is 6.01. The van der Waals surface area contributed by atoms with Gasteiger partial charge in [0.2, 0.25) is 0 Å².